The first kappa shape index (κ1) is 26.7. The summed E-state index contributed by atoms with van der Waals surface area (Å²) in [7, 11) is 0. The van der Waals surface area contributed by atoms with Gasteiger partial charge < -0.3 is 15.5 Å². The molecule has 2 heterocycles. The third-order valence-electron chi connectivity index (χ3n) is 9.64. The maximum atomic E-state index is 6.18. The highest BCUT2D eigenvalue weighted by atomic mass is 35.5. The molecule has 5 unspecified atom stereocenters. The van der Waals surface area contributed by atoms with E-state index in [1.807, 2.05) is 0 Å². The van der Waals surface area contributed by atoms with Crippen LogP contribution in [0.2, 0.25) is 0 Å². The average Bonchev–Trinajstić information content (AvgIpc) is 2.81. The van der Waals surface area contributed by atoms with Crippen LogP contribution in [-0.2, 0) is 0 Å². The molecule has 34 heavy (non-hydrogen) atoms. The highest BCUT2D eigenvalue weighted by Crippen LogP contribution is 2.43. The van der Waals surface area contributed by atoms with Crippen LogP contribution in [-0.4, -0.2) is 49.2 Å². The predicted octanol–water partition coefficient (Wildman–Crippen LogP) is 6.74. The largest absolute Gasteiger partial charge is 0.312 e. The topological polar surface area (TPSA) is 27.3 Å². The van der Waals surface area contributed by atoms with Gasteiger partial charge in [0.2, 0.25) is 0 Å². The monoisotopic (exact) mass is 489 g/mol. The van der Waals surface area contributed by atoms with Crippen molar-refractivity contribution in [1.29, 1.82) is 0 Å². The van der Waals surface area contributed by atoms with Crippen LogP contribution in [0.25, 0.3) is 0 Å². The second-order valence-corrected chi connectivity index (χ2v) is 13.4. The molecule has 3 nitrogen and oxygen atoms in total. The van der Waals surface area contributed by atoms with Gasteiger partial charge in [0.15, 0.2) is 0 Å². The fraction of sp³-hybridized carbons (Fsp3) is 0.867. The van der Waals surface area contributed by atoms with Crippen LogP contribution >= 0.6 is 11.6 Å². The number of halogens is 1. The number of hydrogen-bond donors (Lipinski definition) is 2. The average molecular weight is 490 g/mol. The molecule has 0 amide bonds. The van der Waals surface area contributed by atoms with Gasteiger partial charge in [-0.1, -0.05) is 64.3 Å². The van der Waals surface area contributed by atoms with Crippen molar-refractivity contribution in [2.24, 2.45) is 29.1 Å². The molecule has 0 radical (unpaired) electrons. The van der Waals surface area contributed by atoms with E-state index < -0.39 is 0 Å². The van der Waals surface area contributed by atoms with Gasteiger partial charge in [0.25, 0.3) is 0 Å². The first-order valence-electron chi connectivity index (χ1n) is 14.6. The van der Waals surface area contributed by atoms with Gasteiger partial charge in [-0.05, 0) is 99.6 Å². The maximum Gasteiger partial charge on any atom is 0.0363 e. The minimum Gasteiger partial charge on any atom is -0.312 e. The Morgan fingerprint density at radius 2 is 1.97 bits per heavy atom. The van der Waals surface area contributed by atoms with Gasteiger partial charge in [-0.25, -0.2) is 0 Å². The molecular weight excluding hydrogens is 438 g/mol. The van der Waals surface area contributed by atoms with E-state index in [1.54, 1.807) is 0 Å². The van der Waals surface area contributed by atoms with Crippen molar-refractivity contribution in [3.8, 4) is 0 Å². The van der Waals surface area contributed by atoms with Gasteiger partial charge in [0.1, 0.15) is 0 Å². The van der Waals surface area contributed by atoms with E-state index in [4.69, 9.17) is 11.6 Å². The highest BCUT2D eigenvalue weighted by Gasteiger charge is 2.40. The second kappa shape index (κ2) is 12.3. The molecule has 2 saturated heterocycles. The molecule has 2 aliphatic heterocycles. The molecule has 2 N–H and O–H groups in total. The Labute approximate surface area is 215 Å². The zero-order valence-corrected chi connectivity index (χ0v) is 23.3. The third kappa shape index (κ3) is 7.11. The summed E-state index contributed by atoms with van der Waals surface area (Å²) in [5.41, 5.74) is 0.343. The van der Waals surface area contributed by atoms with Crippen molar-refractivity contribution >= 4 is 11.6 Å². The number of rotatable bonds is 9. The highest BCUT2D eigenvalue weighted by molar-refractivity contribution is 6.31. The van der Waals surface area contributed by atoms with Gasteiger partial charge in [-0.3, -0.25) is 0 Å². The Hall–Kier alpha value is -0.350. The minimum absolute atomic E-state index is 0.343. The molecule has 4 aliphatic rings. The van der Waals surface area contributed by atoms with E-state index in [-0.39, 0.29) is 0 Å². The van der Waals surface area contributed by atoms with Crippen molar-refractivity contribution in [1.82, 2.24) is 15.5 Å². The summed E-state index contributed by atoms with van der Waals surface area (Å²) in [5.74, 6) is 3.05. The van der Waals surface area contributed by atoms with E-state index in [2.05, 4.69) is 61.5 Å². The summed E-state index contributed by atoms with van der Waals surface area (Å²) in [6.45, 7) is 14.6. The summed E-state index contributed by atoms with van der Waals surface area (Å²) in [6, 6.07) is 2.18. The Kier molecular flexibility index (Phi) is 9.63. The van der Waals surface area contributed by atoms with E-state index in [0.717, 1.165) is 41.9 Å². The third-order valence-corrected chi connectivity index (χ3v) is 9.92. The fourth-order valence-electron chi connectivity index (χ4n) is 7.57. The Bertz CT molecular complexity index is 699. The summed E-state index contributed by atoms with van der Waals surface area (Å²) in [6.07, 6.45) is 20.4. The molecule has 0 bridgehead atoms. The van der Waals surface area contributed by atoms with Gasteiger partial charge in [0.05, 0.1) is 0 Å². The minimum atomic E-state index is 0.343. The lowest BCUT2D eigenvalue weighted by Crippen LogP contribution is -2.53. The lowest BCUT2D eigenvalue weighted by Gasteiger charge is -2.48. The number of hydrogen-bond acceptors (Lipinski definition) is 3. The Morgan fingerprint density at radius 1 is 1.15 bits per heavy atom. The first-order chi connectivity index (χ1) is 16.3. The molecule has 6 atom stereocenters. The Morgan fingerprint density at radius 3 is 2.71 bits per heavy atom. The molecular formula is C30H52ClN3. The summed E-state index contributed by atoms with van der Waals surface area (Å²) < 4.78 is 0. The van der Waals surface area contributed by atoms with Gasteiger partial charge in [-0.2, -0.15) is 0 Å². The smallest absolute Gasteiger partial charge is 0.0363 e. The van der Waals surface area contributed by atoms with Gasteiger partial charge >= 0.3 is 0 Å². The molecule has 0 aromatic carbocycles. The molecule has 2 aliphatic carbocycles. The van der Waals surface area contributed by atoms with Gasteiger partial charge in [0, 0.05) is 36.2 Å². The molecule has 0 spiro atoms. The second-order valence-electron chi connectivity index (χ2n) is 13.0. The summed E-state index contributed by atoms with van der Waals surface area (Å²) in [5, 5.41) is 8.90. The van der Waals surface area contributed by atoms with Crippen molar-refractivity contribution < 1.29 is 0 Å². The van der Waals surface area contributed by atoms with Crippen LogP contribution < -0.4 is 10.6 Å². The fourth-order valence-corrected chi connectivity index (χ4v) is 7.73. The SMILES string of the molecule is CC(C)[C@H](CN1CCC(C2C=CC(Cl)=CC2)C(C)(C)C1)NCCCC1CCC2CCCCC2N1. The number of nitrogens with one attached hydrogen (secondary N) is 2. The number of nitrogens with zero attached hydrogens (tertiary/aromatic N) is 1. The van der Waals surface area contributed by atoms with Crippen LogP contribution in [0.1, 0.15) is 91.9 Å². The van der Waals surface area contributed by atoms with E-state index in [0.29, 0.717) is 23.3 Å². The lowest BCUT2D eigenvalue weighted by molar-refractivity contribution is 0.0252. The van der Waals surface area contributed by atoms with Crippen molar-refractivity contribution in [2.45, 2.75) is 110 Å². The van der Waals surface area contributed by atoms with E-state index in [1.165, 1.54) is 77.4 Å². The molecule has 0 aromatic heterocycles. The molecule has 3 fully saturated rings. The van der Waals surface area contributed by atoms with Crippen molar-refractivity contribution in [2.75, 3.05) is 26.2 Å². The van der Waals surface area contributed by atoms with Crippen molar-refractivity contribution in [3.05, 3.63) is 23.3 Å². The van der Waals surface area contributed by atoms with Crippen LogP contribution in [0, 0.1) is 29.1 Å². The molecule has 1 saturated carbocycles. The standard InChI is InChI=1S/C30H52ClN3/c1-22(2)29(32-18-7-9-26-16-13-24-8-5-6-10-28(24)33-26)20-34-19-17-27(30(3,4)21-34)23-11-14-25(31)15-12-23/h11,14-15,22-24,26-29,32-33H,5-10,12-13,16-21H2,1-4H3/t23?,24?,26?,27?,28?,29-/m0/s1. The number of piperidine rings is 2. The van der Waals surface area contributed by atoms with Crippen molar-refractivity contribution in [3.63, 3.8) is 0 Å². The van der Waals surface area contributed by atoms with E-state index >= 15 is 0 Å². The first-order valence-corrected chi connectivity index (χ1v) is 15.0. The lowest BCUT2D eigenvalue weighted by atomic mass is 9.66. The zero-order valence-electron chi connectivity index (χ0n) is 22.5. The predicted molar refractivity (Wildman–Crippen MR) is 147 cm³/mol. The number of allylic oxidation sites excluding steroid dienone is 4. The molecule has 4 rings (SSSR count). The molecule has 0 aromatic rings. The van der Waals surface area contributed by atoms with Crippen LogP contribution in [0.4, 0.5) is 0 Å². The van der Waals surface area contributed by atoms with E-state index in [9.17, 15) is 0 Å². The number of likely N-dealkylation sites (tertiary alicyclic amines) is 1. The molecule has 194 valence electrons. The van der Waals surface area contributed by atoms with Crippen LogP contribution in [0.15, 0.2) is 23.3 Å². The quantitative estimate of drug-likeness (QED) is 0.351. The normalized spacial score (nSPS) is 35.1. The maximum absolute atomic E-state index is 6.18. The zero-order chi connectivity index (χ0) is 24.1. The van der Waals surface area contributed by atoms with Crippen LogP contribution in [0.5, 0.6) is 0 Å². The Balaban J connectivity index is 1.19. The number of fused-ring (bicyclic) bond motifs is 1. The summed E-state index contributed by atoms with van der Waals surface area (Å²) >= 11 is 6.18. The summed E-state index contributed by atoms with van der Waals surface area (Å²) in [4.78, 5) is 2.75. The van der Waals surface area contributed by atoms with Gasteiger partial charge in [-0.15, -0.1) is 0 Å². The molecule has 4 heteroatoms. The van der Waals surface area contributed by atoms with Crippen LogP contribution in [0.3, 0.4) is 0 Å².